The number of carboxylic acid groups (broad SMARTS) is 1. The average Bonchev–Trinajstić information content (AvgIpc) is 2.45. The van der Waals surface area contributed by atoms with Crippen molar-refractivity contribution in [1.29, 1.82) is 0 Å². The second kappa shape index (κ2) is 7.42. The average molecular weight is 315 g/mol. The molecule has 118 valence electrons. The number of carboxylic acids is 1. The number of aromatic carboxylic acids is 1. The molecule has 0 aliphatic carbocycles. The summed E-state index contributed by atoms with van der Waals surface area (Å²) in [5.74, 6) is -1.11. The second-order valence-corrected chi connectivity index (χ2v) is 6.40. The highest BCUT2D eigenvalue weighted by Crippen LogP contribution is 2.23. The van der Waals surface area contributed by atoms with E-state index in [0.717, 1.165) is 18.9 Å². The lowest BCUT2D eigenvalue weighted by molar-refractivity contribution is 0.0693. The first kappa shape index (κ1) is 17.5. The molecule has 1 unspecified atom stereocenters. The Morgan fingerprint density at radius 2 is 2.05 bits per heavy atom. The molecule has 2 N–H and O–H groups in total. The van der Waals surface area contributed by atoms with Crippen molar-refractivity contribution in [2.24, 2.45) is 0 Å². The van der Waals surface area contributed by atoms with Crippen LogP contribution in [0.25, 0.3) is 0 Å². The maximum Gasteiger partial charge on any atom is 0.339 e. The minimum atomic E-state index is -3.74. The van der Waals surface area contributed by atoms with Crippen molar-refractivity contribution in [1.82, 2.24) is 4.72 Å². The molecule has 0 spiro atoms. The predicted molar refractivity (Wildman–Crippen MR) is 79.3 cm³/mol. The minimum Gasteiger partial charge on any atom is -0.496 e. The van der Waals surface area contributed by atoms with Gasteiger partial charge in [0.05, 0.1) is 12.0 Å². The smallest absolute Gasteiger partial charge is 0.339 e. The SMILES string of the molecule is CCCC(CC)NS(=O)(=O)c1ccc(OC)c(C(=O)O)c1. The normalized spacial score (nSPS) is 12.9. The van der Waals surface area contributed by atoms with E-state index < -0.39 is 16.0 Å². The van der Waals surface area contributed by atoms with Crippen LogP contribution in [0.3, 0.4) is 0 Å². The Kier molecular flexibility index (Phi) is 6.17. The van der Waals surface area contributed by atoms with E-state index in [9.17, 15) is 13.2 Å². The lowest BCUT2D eigenvalue weighted by Gasteiger charge is -2.16. The molecule has 0 amide bonds. The number of rotatable bonds is 8. The van der Waals surface area contributed by atoms with E-state index in [1.165, 1.54) is 19.2 Å². The molecule has 1 aromatic carbocycles. The maximum atomic E-state index is 12.3. The highest BCUT2D eigenvalue weighted by Gasteiger charge is 2.21. The molecule has 0 heterocycles. The highest BCUT2D eigenvalue weighted by molar-refractivity contribution is 7.89. The Morgan fingerprint density at radius 3 is 2.52 bits per heavy atom. The Hall–Kier alpha value is -1.60. The summed E-state index contributed by atoms with van der Waals surface area (Å²) in [6.45, 7) is 3.88. The second-order valence-electron chi connectivity index (χ2n) is 4.68. The largest absolute Gasteiger partial charge is 0.496 e. The summed E-state index contributed by atoms with van der Waals surface area (Å²) in [5, 5.41) is 9.10. The van der Waals surface area contributed by atoms with Crippen molar-refractivity contribution >= 4 is 16.0 Å². The van der Waals surface area contributed by atoms with E-state index >= 15 is 0 Å². The van der Waals surface area contributed by atoms with Crippen LogP contribution in [0.5, 0.6) is 5.75 Å². The zero-order valence-corrected chi connectivity index (χ0v) is 13.2. The molecular weight excluding hydrogens is 294 g/mol. The van der Waals surface area contributed by atoms with Crippen LogP contribution in [0.4, 0.5) is 0 Å². The molecule has 0 bridgehead atoms. The Labute approximate surface area is 125 Å². The van der Waals surface area contributed by atoms with Crippen molar-refractivity contribution in [3.8, 4) is 5.75 Å². The van der Waals surface area contributed by atoms with Crippen molar-refractivity contribution in [3.63, 3.8) is 0 Å². The van der Waals surface area contributed by atoms with E-state index in [-0.39, 0.29) is 22.3 Å². The van der Waals surface area contributed by atoms with Gasteiger partial charge >= 0.3 is 5.97 Å². The molecule has 1 atom stereocenters. The van der Waals surface area contributed by atoms with Crippen LogP contribution < -0.4 is 9.46 Å². The molecule has 0 radical (unpaired) electrons. The fourth-order valence-corrected chi connectivity index (χ4v) is 3.38. The fourth-order valence-electron chi connectivity index (χ4n) is 2.00. The number of hydrogen-bond donors (Lipinski definition) is 2. The molecule has 0 saturated heterocycles. The molecule has 0 fully saturated rings. The highest BCUT2D eigenvalue weighted by atomic mass is 32.2. The molecule has 0 aromatic heterocycles. The van der Waals surface area contributed by atoms with Gasteiger partial charge in [0.2, 0.25) is 10.0 Å². The zero-order chi connectivity index (χ0) is 16.0. The van der Waals surface area contributed by atoms with Crippen molar-refractivity contribution in [2.75, 3.05) is 7.11 Å². The third-order valence-corrected chi connectivity index (χ3v) is 4.68. The van der Waals surface area contributed by atoms with Gasteiger partial charge in [0, 0.05) is 6.04 Å². The van der Waals surface area contributed by atoms with Gasteiger partial charge in [0.1, 0.15) is 11.3 Å². The Balaban J connectivity index is 3.14. The van der Waals surface area contributed by atoms with Gasteiger partial charge in [-0.15, -0.1) is 0 Å². The molecule has 6 nitrogen and oxygen atoms in total. The van der Waals surface area contributed by atoms with Crippen LogP contribution in [0.1, 0.15) is 43.5 Å². The maximum absolute atomic E-state index is 12.3. The van der Waals surface area contributed by atoms with Crippen molar-refractivity contribution < 1.29 is 23.1 Å². The molecule has 7 heteroatoms. The van der Waals surface area contributed by atoms with Gasteiger partial charge in [0.25, 0.3) is 0 Å². The summed E-state index contributed by atoms with van der Waals surface area (Å²) in [4.78, 5) is 11.1. The molecule has 1 aromatic rings. The van der Waals surface area contributed by atoms with Gasteiger partial charge in [-0.05, 0) is 31.0 Å². The van der Waals surface area contributed by atoms with Gasteiger partial charge in [-0.25, -0.2) is 17.9 Å². The van der Waals surface area contributed by atoms with Gasteiger partial charge in [-0.3, -0.25) is 0 Å². The van der Waals surface area contributed by atoms with Crippen molar-refractivity contribution in [2.45, 2.75) is 44.0 Å². The third kappa shape index (κ3) is 4.44. The van der Waals surface area contributed by atoms with Crippen molar-refractivity contribution in [3.05, 3.63) is 23.8 Å². The molecule has 1 rings (SSSR count). The van der Waals surface area contributed by atoms with E-state index in [4.69, 9.17) is 9.84 Å². The van der Waals surface area contributed by atoms with E-state index in [2.05, 4.69) is 4.72 Å². The number of carbonyl (C=O) groups is 1. The molecule has 0 aliphatic heterocycles. The Bertz CT molecular complexity index is 597. The molecule has 21 heavy (non-hydrogen) atoms. The minimum absolute atomic E-state index is 0.0738. The van der Waals surface area contributed by atoms with Gasteiger partial charge in [-0.1, -0.05) is 20.3 Å². The van der Waals surface area contributed by atoms with Crippen LogP contribution >= 0.6 is 0 Å². The fraction of sp³-hybridized carbons (Fsp3) is 0.500. The van der Waals surface area contributed by atoms with Crippen LogP contribution in [0.2, 0.25) is 0 Å². The first-order chi connectivity index (χ1) is 9.85. The number of ether oxygens (including phenoxy) is 1. The summed E-state index contributed by atoms with van der Waals surface area (Å²) in [5.41, 5.74) is -0.177. The molecule has 0 saturated carbocycles. The monoisotopic (exact) mass is 315 g/mol. The zero-order valence-electron chi connectivity index (χ0n) is 12.4. The van der Waals surface area contributed by atoms with Crippen LogP contribution in [0, 0.1) is 0 Å². The van der Waals surface area contributed by atoms with Crippen LogP contribution in [-0.4, -0.2) is 32.6 Å². The quantitative estimate of drug-likeness (QED) is 0.767. The van der Waals surface area contributed by atoms with Gasteiger partial charge in [-0.2, -0.15) is 0 Å². The number of sulfonamides is 1. The lowest BCUT2D eigenvalue weighted by atomic mass is 10.1. The number of nitrogens with one attached hydrogen (secondary N) is 1. The van der Waals surface area contributed by atoms with E-state index in [1.807, 2.05) is 13.8 Å². The topological polar surface area (TPSA) is 92.7 Å². The number of benzene rings is 1. The lowest BCUT2D eigenvalue weighted by Crippen LogP contribution is -2.34. The van der Waals surface area contributed by atoms with Crippen LogP contribution in [0.15, 0.2) is 23.1 Å². The predicted octanol–water partition coefficient (Wildman–Crippen LogP) is 2.25. The summed E-state index contributed by atoms with van der Waals surface area (Å²) in [6, 6.07) is 3.64. The first-order valence-corrected chi connectivity index (χ1v) is 8.27. The van der Waals surface area contributed by atoms with Gasteiger partial charge in [0.15, 0.2) is 0 Å². The third-order valence-electron chi connectivity index (χ3n) is 3.16. The summed E-state index contributed by atoms with van der Waals surface area (Å²) < 4.78 is 32.1. The summed E-state index contributed by atoms with van der Waals surface area (Å²) in [7, 11) is -2.41. The standard InChI is InChI=1S/C14H21NO5S/c1-4-6-10(5-2)15-21(18,19)11-7-8-13(20-3)12(9-11)14(16)17/h7-10,15H,4-6H2,1-3H3,(H,16,17). The number of methoxy groups -OCH3 is 1. The molecular formula is C14H21NO5S. The first-order valence-electron chi connectivity index (χ1n) is 6.79. The Morgan fingerprint density at radius 1 is 1.38 bits per heavy atom. The van der Waals surface area contributed by atoms with E-state index in [0.29, 0.717) is 6.42 Å². The van der Waals surface area contributed by atoms with Gasteiger partial charge < -0.3 is 9.84 Å². The summed E-state index contributed by atoms with van der Waals surface area (Å²) >= 11 is 0. The summed E-state index contributed by atoms with van der Waals surface area (Å²) in [6.07, 6.45) is 2.27. The number of hydrogen-bond acceptors (Lipinski definition) is 4. The van der Waals surface area contributed by atoms with Crippen LogP contribution in [-0.2, 0) is 10.0 Å². The van der Waals surface area contributed by atoms with E-state index in [1.54, 1.807) is 0 Å². The molecule has 0 aliphatic rings.